The van der Waals surface area contributed by atoms with Crippen LogP contribution in [0.4, 0.5) is 0 Å². The van der Waals surface area contributed by atoms with Crippen LogP contribution < -0.4 is 0 Å². The van der Waals surface area contributed by atoms with Gasteiger partial charge in [0.2, 0.25) is 0 Å². The maximum absolute atomic E-state index is 6.49. The minimum atomic E-state index is 0.590. The van der Waals surface area contributed by atoms with Crippen LogP contribution in [0.5, 0.6) is 0 Å². The smallest absolute Gasteiger partial charge is 0.164 e. The molecule has 3 aromatic heterocycles. The average molecular weight is 720 g/mol. The van der Waals surface area contributed by atoms with Crippen LogP contribution in [-0.4, -0.2) is 15.0 Å². The van der Waals surface area contributed by atoms with Gasteiger partial charge in [-0.15, -0.1) is 0 Å². The molecule has 1 aliphatic carbocycles. The fraction of sp³-hybridized carbons (Fsp3) is 0.0392. The van der Waals surface area contributed by atoms with Gasteiger partial charge in [-0.2, -0.15) is 0 Å². The standard InChI is InChI=1S/C51H33N3O2/c1-4-12-32(13-5-1)33-22-24-34(25-23-33)37-26-28-43-41(30-37)47-39(18-10-20-45(47)55-43)38-27-29-44-42(31-38)48-40(19-11-21-46(48)56-44)51-53-49(35-14-6-2-7-15-35)52-50(54-51)36-16-8-3-9-17-36/h1-4,6-12,14-31H,5,13H2. The second-order valence-corrected chi connectivity index (χ2v) is 14.3. The van der Waals surface area contributed by atoms with Gasteiger partial charge in [-0.25, -0.2) is 15.0 Å². The Morgan fingerprint density at radius 3 is 1.55 bits per heavy atom. The van der Waals surface area contributed by atoms with Crippen LogP contribution in [0.1, 0.15) is 18.4 Å². The van der Waals surface area contributed by atoms with Gasteiger partial charge in [0.05, 0.1) is 0 Å². The van der Waals surface area contributed by atoms with E-state index < -0.39 is 0 Å². The van der Waals surface area contributed by atoms with E-state index in [0.29, 0.717) is 17.5 Å². The monoisotopic (exact) mass is 719 g/mol. The molecule has 56 heavy (non-hydrogen) atoms. The van der Waals surface area contributed by atoms with Gasteiger partial charge in [-0.3, -0.25) is 0 Å². The second-order valence-electron chi connectivity index (χ2n) is 14.3. The van der Waals surface area contributed by atoms with Crippen LogP contribution in [0.2, 0.25) is 0 Å². The normalized spacial score (nSPS) is 12.9. The lowest BCUT2D eigenvalue weighted by atomic mass is 9.94. The summed E-state index contributed by atoms with van der Waals surface area (Å²) >= 11 is 0. The quantitative estimate of drug-likeness (QED) is 0.171. The van der Waals surface area contributed by atoms with Crippen molar-refractivity contribution in [3.63, 3.8) is 0 Å². The molecule has 7 aromatic carbocycles. The van der Waals surface area contributed by atoms with Crippen molar-refractivity contribution < 1.29 is 8.83 Å². The molecule has 0 radical (unpaired) electrons. The predicted octanol–water partition coefficient (Wildman–Crippen LogP) is 13.7. The van der Waals surface area contributed by atoms with E-state index in [4.69, 9.17) is 23.8 Å². The molecule has 0 bridgehead atoms. The molecule has 0 aliphatic heterocycles. The van der Waals surface area contributed by atoms with Crippen LogP contribution in [0, 0.1) is 0 Å². The average Bonchev–Trinajstić information content (AvgIpc) is 3.85. The molecule has 0 N–H and O–H groups in total. The third-order valence-electron chi connectivity index (χ3n) is 10.8. The first-order valence-electron chi connectivity index (χ1n) is 19.0. The molecule has 0 amide bonds. The number of aromatic nitrogens is 3. The topological polar surface area (TPSA) is 65.0 Å². The molecule has 0 saturated carbocycles. The number of benzene rings is 7. The Morgan fingerprint density at radius 1 is 0.393 bits per heavy atom. The summed E-state index contributed by atoms with van der Waals surface area (Å²) in [7, 11) is 0. The van der Waals surface area contributed by atoms with Gasteiger partial charge in [0.15, 0.2) is 17.5 Å². The van der Waals surface area contributed by atoms with E-state index in [9.17, 15) is 0 Å². The fourth-order valence-electron chi connectivity index (χ4n) is 8.08. The summed E-state index contributed by atoms with van der Waals surface area (Å²) in [6, 6.07) is 54.4. The maximum Gasteiger partial charge on any atom is 0.164 e. The number of hydrogen-bond acceptors (Lipinski definition) is 5. The second kappa shape index (κ2) is 13.2. The molecular weight excluding hydrogens is 687 g/mol. The number of rotatable bonds is 6. The first-order valence-corrected chi connectivity index (χ1v) is 19.0. The number of furan rings is 2. The Labute approximate surface area is 322 Å². The highest BCUT2D eigenvalue weighted by Crippen LogP contribution is 2.42. The highest BCUT2D eigenvalue weighted by Gasteiger charge is 2.20. The maximum atomic E-state index is 6.49. The van der Waals surface area contributed by atoms with Gasteiger partial charge in [0, 0.05) is 38.2 Å². The van der Waals surface area contributed by atoms with E-state index in [1.165, 1.54) is 16.7 Å². The van der Waals surface area contributed by atoms with E-state index in [2.05, 4.69) is 103 Å². The number of fused-ring (bicyclic) bond motifs is 6. The summed E-state index contributed by atoms with van der Waals surface area (Å²) in [5.41, 5.74) is 13.2. The molecular formula is C51H33N3O2. The minimum Gasteiger partial charge on any atom is -0.456 e. The van der Waals surface area contributed by atoms with Crippen LogP contribution in [0.15, 0.2) is 185 Å². The SMILES string of the molecule is C1=CCCC(c2ccc(-c3ccc4oc5cccc(-c6ccc7oc8cccc(-c9nc(-c%10ccccc%10)nc(-c%10ccccc%10)n9)c8c7c6)c5c4c3)cc2)=C1. The van der Waals surface area contributed by atoms with Gasteiger partial charge in [0.25, 0.3) is 0 Å². The summed E-state index contributed by atoms with van der Waals surface area (Å²) in [6.07, 6.45) is 8.78. The summed E-state index contributed by atoms with van der Waals surface area (Å²) in [6.45, 7) is 0. The Morgan fingerprint density at radius 2 is 0.929 bits per heavy atom. The Hall–Kier alpha value is -7.37. The molecule has 264 valence electrons. The highest BCUT2D eigenvalue weighted by atomic mass is 16.3. The molecule has 3 heterocycles. The van der Waals surface area contributed by atoms with Crippen molar-refractivity contribution in [1.29, 1.82) is 0 Å². The van der Waals surface area contributed by atoms with Crippen LogP contribution in [0.25, 0.3) is 106 Å². The van der Waals surface area contributed by atoms with Crippen LogP contribution in [-0.2, 0) is 0 Å². The molecule has 5 nitrogen and oxygen atoms in total. The summed E-state index contributed by atoms with van der Waals surface area (Å²) in [4.78, 5) is 15.1. The van der Waals surface area contributed by atoms with E-state index in [1.807, 2.05) is 72.8 Å². The van der Waals surface area contributed by atoms with E-state index in [1.54, 1.807) is 0 Å². The lowest BCUT2D eigenvalue weighted by molar-refractivity contribution is 0.669. The van der Waals surface area contributed by atoms with Crippen LogP contribution >= 0.6 is 0 Å². The molecule has 0 unspecified atom stereocenters. The first kappa shape index (κ1) is 32.1. The van der Waals surface area contributed by atoms with Gasteiger partial charge in [-0.05, 0) is 82.6 Å². The van der Waals surface area contributed by atoms with Gasteiger partial charge < -0.3 is 8.83 Å². The zero-order valence-electron chi connectivity index (χ0n) is 30.3. The van der Waals surface area contributed by atoms with Crippen molar-refractivity contribution in [2.75, 3.05) is 0 Å². The van der Waals surface area contributed by atoms with Crippen molar-refractivity contribution in [2.24, 2.45) is 0 Å². The summed E-state index contributed by atoms with van der Waals surface area (Å²) in [5, 5.41) is 4.13. The van der Waals surface area contributed by atoms with Crippen molar-refractivity contribution in [3.05, 3.63) is 182 Å². The lowest BCUT2D eigenvalue weighted by Gasteiger charge is -2.10. The van der Waals surface area contributed by atoms with E-state index in [-0.39, 0.29) is 0 Å². The molecule has 0 saturated heterocycles. The number of hydrogen-bond donors (Lipinski definition) is 0. The Balaban J connectivity index is 1.06. The molecule has 1 aliphatic rings. The highest BCUT2D eigenvalue weighted by molar-refractivity contribution is 6.16. The third-order valence-corrected chi connectivity index (χ3v) is 10.8. The zero-order chi connectivity index (χ0) is 37.0. The molecule has 0 atom stereocenters. The molecule has 10 aromatic rings. The van der Waals surface area contributed by atoms with Crippen molar-refractivity contribution in [1.82, 2.24) is 15.0 Å². The van der Waals surface area contributed by atoms with Crippen molar-refractivity contribution in [2.45, 2.75) is 12.8 Å². The van der Waals surface area contributed by atoms with Crippen molar-refractivity contribution in [3.8, 4) is 56.4 Å². The predicted molar refractivity (Wildman–Crippen MR) is 228 cm³/mol. The largest absolute Gasteiger partial charge is 0.456 e. The summed E-state index contributed by atoms with van der Waals surface area (Å²) < 4.78 is 13.0. The lowest BCUT2D eigenvalue weighted by Crippen LogP contribution is -2.00. The Bertz CT molecular complexity index is 3120. The first-order chi connectivity index (χ1) is 27.7. The minimum absolute atomic E-state index is 0.590. The molecule has 0 fully saturated rings. The molecule has 5 heteroatoms. The van der Waals surface area contributed by atoms with Crippen molar-refractivity contribution >= 4 is 49.5 Å². The molecule has 11 rings (SSSR count). The third kappa shape index (κ3) is 5.52. The van der Waals surface area contributed by atoms with Gasteiger partial charge in [-0.1, -0.05) is 140 Å². The summed E-state index contributed by atoms with van der Waals surface area (Å²) in [5.74, 6) is 1.83. The van der Waals surface area contributed by atoms with Gasteiger partial charge >= 0.3 is 0 Å². The number of nitrogens with zero attached hydrogens (tertiary/aromatic N) is 3. The van der Waals surface area contributed by atoms with Gasteiger partial charge in [0.1, 0.15) is 22.3 Å². The Kier molecular flexibility index (Phi) is 7.56. The van der Waals surface area contributed by atoms with E-state index >= 15 is 0 Å². The van der Waals surface area contributed by atoms with E-state index in [0.717, 1.165) is 90.1 Å². The number of allylic oxidation sites excluding steroid dienone is 4. The fourth-order valence-corrected chi connectivity index (χ4v) is 8.08. The molecule has 0 spiro atoms. The van der Waals surface area contributed by atoms with Crippen LogP contribution in [0.3, 0.4) is 0 Å². The zero-order valence-corrected chi connectivity index (χ0v) is 30.3.